The van der Waals surface area contributed by atoms with E-state index in [9.17, 15) is 8.78 Å². The fourth-order valence-corrected chi connectivity index (χ4v) is 1.16. The van der Waals surface area contributed by atoms with Crippen LogP contribution in [0.15, 0.2) is 0 Å². The van der Waals surface area contributed by atoms with Gasteiger partial charge in [0.2, 0.25) is 0 Å². The van der Waals surface area contributed by atoms with Gasteiger partial charge in [-0.15, -0.1) is 0 Å². The van der Waals surface area contributed by atoms with Gasteiger partial charge >= 0.3 is 0 Å². The smallest absolute Gasteiger partial charge is 0.250 e. The van der Waals surface area contributed by atoms with E-state index in [4.69, 9.17) is 5.73 Å². The van der Waals surface area contributed by atoms with Crippen LogP contribution < -0.4 is 11.1 Å². The topological polar surface area (TPSA) is 38.0 Å². The van der Waals surface area contributed by atoms with Crippen molar-refractivity contribution in [3.63, 3.8) is 0 Å². The van der Waals surface area contributed by atoms with E-state index in [0.29, 0.717) is 13.1 Å². The zero-order chi connectivity index (χ0) is 7.61. The van der Waals surface area contributed by atoms with Crippen LogP contribution in [0.4, 0.5) is 8.78 Å². The standard InChI is InChI=1S/C6H12F2N2/c7-6(8)1-2-10-5(3-6)4-9/h5,10H,1-4,9H2/t5-/m0/s1. The Labute approximate surface area is 58.8 Å². The lowest BCUT2D eigenvalue weighted by Crippen LogP contribution is -2.47. The normalized spacial score (nSPS) is 32.1. The average molecular weight is 150 g/mol. The molecular formula is C6H12F2N2. The van der Waals surface area contributed by atoms with Crippen LogP contribution in [-0.2, 0) is 0 Å². The maximum absolute atomic E-state index is 12.5. The van der Waals surface area contributed by atoms with E-state index in [-0.39, 0.29) is 18.9 Å². The van der Waals surface area contributed by atoms with Crippen molar-refractivity contribution in [2.24, 2.45) is 5.73 Å². The predicted octanol–water partition coefficient (Wildman–Crippen LogP) is 0.332. The molecule has 0 spiro atoms. The zero-order valence-electron chi connectivity index (χ0n) is 5.74. The van der Waals surface area contributed by atoms with E-state index < -0.39 is 5.92 Å². The molecule has 0 aromatic heterocycles. The number of halogens is 2. The Kier molecular flexibility index (Phi) is 2.21. The molecule has 10 heavy (non-hydrogen) atoms. The van der Waals surface area contributed by atoms with Gasteiger partial charge in [0, 0.05) is 32.0 Å². The molecule has 0 saturated carbocycles. The molecule has 3 N–H and O–H groups in total. The Morgan fingerprint density at radius 2 is 2.30 bits per heavy atom. The highest BCUT2D eigenvalue weighted by Crippen LogP contribution is 2.26. The predicted molar refractivity (Wildman–Crippen MR) is 35.0 cm³/mol. The molecule has 1 aliphatic rings. The molecule has 2 nitrogen and oxygen atoms in total. The van der Waals surface area contributed by atoms with Crippen molar-refractivity contribution in [3.8, 4) is 0 Å². The Hall–Kier alpha value is -0.220. The molecule has 60 valence electrons. The molecule has 1 heterocycles. The number of alkyl halides is 2. The number of nitrogens with two attached hydrogens (primary N) is 1. The number of hydrogen-bond acceptors (Lipinski definition) is 2. The van der Waals surface area contributed by atoms with Gasteiger partial charge in [0.1, 0.15) is 0 Å². The van der Waals surface area contributed by atoms with Gasteiger partial charge in [-0.1, -0.05) is 0 Å². The summed E-state index contributed by atoms with van der Waals surface area (Å²) in [6, 6.07) is -0.191. The van der Waals surface area contributed by atoms with Gasteiger partial charge in [-0.3, -0.25) is 0 Å². The average Bonchev–Trinajstić information content (AvgIpc) is 1.86. The van der Waals surface area contributed by atoms with Crippen LogP contribution >= 0.6 is 0 Å². The molecule has 0 aromatic carbocycles. The lowest BCUT2D eigenvalue weighted by Gasteiger charge is -2.28. The largest absolute Gasteiger partial charge is 0.329 e. The van der Waals surface area contributed by atoms with Crippen molar-refractivity contribution in [1.82, 2.24) is 5.32 Å². The third kappa shape index (κ3) is 1.88. The Morgan fingerprint density at radius 1 is 1.60 bits per heavy atom. The van der Waals surface area contributed by atoms with E-state index in [1.165, 1.54) is 0 Å². The molecule has 0 aliphatic carbocycles. The van der Waals surface area contributed by atoms with Gasteiger partial charge in [0.25, 0.3) is 5.92 Å². The van der Waals surface area contributed by atoms with Crippen LogP contribution in [0.2, 0.25) is 0 Å². The van der Waals surface area contributed by atoms with E-state index >= 15 is 0 Å². The molecule has 1 aliphatic heterocycles. The molecule has 4 heteroatoms. The van der Waals surface area contributed by atoms with Crippen molar-refractivity contribution in [2.75, 3.05) is 13.1 Å². The van der Waals surface area contributed by atoms with Crippen LogP contribution in [-0.4, -0.2) is 25.1 Å². The minimum Gasteiger partial charge on any atom is -0.329 e. The first kappa shape index (κ1) is 7.88. The summed E-state index contributed by atoms with van der Waals surface area (Å²) in [5.41, 5.74) is 5.23. The number of hydrogen-bond donors (Lipinski definition) is 2. The molecule has 1 fully saturated rings. The van der Waals surface area contributed by atoms with Gasteiger partial charge in [-0.05, 0) is 0 Å². The molecule has 0 unspecified atom stereocenters. The van der Waals surface area contributed by atoms with Crippen LogP contribution in [0.3, 0.4) is 0 Å². The molecule has 0 bridgehead atoms. The summed E-state index contributed by atoms with van der Waals surface area (Å²) in [7, 11) is 0. The Bertz CT molecular complexity index is 116. The first-order chi connectivity index (χ1) is 4.64. The van der Waals surface area contributed by atoms with Crippen molar-refractivity contribution in [2.45, 2.75) is 24.8 Å². The molecule has 0 aromatic rings. The minimum absolute atomic E-state index is 0.0521. The number of rotatable bonds is 1. The number of nitrogens with one attached hydrogen (secondary N) is 1. The second-order valence-corrected chi connectivity index (χ2v) is 2.70. The maximum Gasteiger partial charge on any atom is 0.250 e. The SMILES string of the molecule is NC[C@@H]1CC(F)(F)CCN1. The monoisotopic (exact) mass is 150 g/mol. The van der Waals surface area contributed by atoms with Gasteiger partial charge in [-0.25, -0.2) is 8.78 Å². The highest BCUT2D eigenvalue weighted by Gasteiger charge is 2.35. The highest BCUT2D eigenvalue weighted by atomic mass is 19.3. The van der Waals surface area contributed by atoms with Gasteiger partial charge in [0.15, 0.2) is 0 Å². The quantitative estimate of drug-likeness (QED) is 0.565. The molecule has 1 atom stereocenters. The van der Waals surface area contributed by atoms with Crippen LogP contribution in [0, 0.1) is 0 Å². The van der Waals surface area contributed by atoms with Crippen molar-refractivity contribution in [3.05, 3.63) is 0 Å². The van der Waals surface area contributed by atoms with Crippen molar-refractivity contribution < 1.29 is 8.78 Å². The fourth-order valence-electron chi connectivity index (χ4n) is 1.16. The Balaban J connectivity index is 2.40. The number of piperidine rings is 1. The molecule has 0 radical (unpaired) electrons. The third-order valence-electron chi connectivity index (χ3n) is 1.75. The molecule has 0 amide bonds. The lowest BCUT2D eigenvalue weighted by molar-refractivity contribution is -0.0398. The second kappa shape index (κ2) is 2.80. The minimum atomic E-state index is -2.49. The van der Waals surface area contributed by atoms with E-state index in [0.717, 1.165) is 0 Å². The van der Waals surface area contributed by atoms with E-state index in [2.05, 4.69) is 5.32 Å². The summed E-state index contributed by atoms with van der Waals surface area (Å²) in [5, 5.41) is 2.92. The lowest BCUT2D eigenvalue weighted by atomic mass is 10.0. The zero-order valence-corrected chi connectivity index (χ0v) is 5.74. The first-order valence-corrected chi connectivity index (χ1v) is 3.45. The summed E-state index contributed by atoms with van der Waals surface area (Å²) >= 11 is 0. The second-order valence-electron chi connectivity index (χ2n) is 2.70. The van der Waals surface area contributed by atoms with Gasteiger partial charge < -0.3 is 11.1 Å². The summed E-state index contributed by atoms with van der Waals surface area (Å²) in [4.78, 5) is 0. The fraction of sp³-hybridized carbons (Fsp3) is 1.00. The summed E-state index contributed by atoms with van der Waals surface area (Å²) in [6.45, 7) is 0.685. The molecular weight excluding hydrogens is 138 g/mol. The van der Waals surface area contributed by atoms with Crippen molar-refractivity contribution >= 4 is 0 Å². The first-order valence-electron chi connectivity index (χ1n) is 3.45. The van der Waals surface area contributed by atoms with Crippen LogP contribution in [0.1, 0.15) is 12.8 Å². The highest BCUT2D eigenvalue weighted by molar-refractivity contribution is 4.83. The van der Waals surface area contributed by atoms with Crippen molar-refractivity contribution in [1.29, 1.82) is 0 Å². The molecule has 1 saturated heterocycles. The third-order valence-corrected chi connectivity index (χ3v) is 1.75. The van der Waals surface area contributed by atoms with E-state index in [1.54, 1.807) is 0 Å². The van der Waals surface area contributed by atoms with Gasteiger partial charge in [-0.2, -0.15) is 0 Å². The van der Waals surface area contributed by atoms with E-state index in [1.807, 2.05) is 0 Å². The summed E-state index contributed by atoms with van der Waals surface area (Å²) in [6.07, 6.45) is -0.160. The molecule has 1 rings (SSSR count). The summed E-state index contributed by atoms with van der Waals surface area (Å²) < 4.78 is 25.1. The summed E-state index contributed by atoms with van der Waals surface area (Å²) in [5.74, 6) is -2.49. The Morgan fingerprint density at radius 3 is 2.70 bits per heavy atom. The maximum atomic E-state index is 12.5. The van der Waals surface area contributed by atoms with Crippen LogP contribution in [0.5, 0.6) is 0 Å². The van der Waals surface area contributed by atoms with Crippen LogP contribution in [0.25, 0.3) is 0 Å². The van der Waals surface area contributed by atoms with Gasteiger partial charge in [0.05, 0.1) is 0 Å².